The number of aliphatic hydroxyl groups is 1. The molecular weight excluding hydrogens is 436 g/mol. The standard InChI is InChI=1S/C26H23ClN4O2/c1-3-30(19-8-6-7-17(27)15-19)25(32)24-22-20-9-4-5-10-21(20)28-23(22)26(33)31(29-24)18-13-11-16(2)12-14-18/h4-15,25,28,32H,3H2,1-2H3. The molecular formula is C26H23ClN4O2. The van der Waals surface area contributed by atoms with Gasteiger partial charge in [-0.05, 0) is 50.2 Å². The zero-order valence-corrected chi connectivity index (χ0v) is 19.0. The number of aliphatic hydroxyl groups excluding tert-OH is 1. The lowest BCUT2D eigenvalue weighted by atomic mass is 10.1. The van der Waals surface area contributed by atoms with Crippen LogP contribution in [0.25, 0.3) is 27.5 Å². The number of para-hydroxylation sites is 1. The zero-order valence-electron chi connectivity index (χ0n) is 18.3. The maximum atomic E-state index is 13.5. The van der Waals surface area contributed by atoms with Crippen LogP contribution in [0.5, 0.6) is 0 Å². The lowest BCUT2D eigenvalue weighted by Gasteiger charge is -2.29. The van der Waals surface area contributed by atoms with Crippen molar-refractivity contribution >= 4 is 39.1 Å². The van der Waals surface area contributed by atoms with Crippen molar-refractivity contribution in [3.63, 3.8) is 0 Å². The molecule has 166 valence electrons. The molecule has 6 nitrogen and oxygen atoms in total. The molecule has 33 heavy (non-hydrogen) atoms. The third kappa shape index (κ3) is 3.67. The molecule has 0 aliphatic rings. The van der Waals surface area contributed by atoms with Gasteiger partial charge in [0.25, 0.3) is 5.56 Å². The third-order valence-corrected chi connectivity index (χ3v) is 6.11. The first-order valence-corrected chi connectivity index (χ1v) is 11.2. The fourth-order valence-electron chi connectivity index (χ4n) is 4.22. The van der Waals surface area contributed by atoms with E-state index in [1.165, 1.54) is 4.68 Å². The van der Waals surface area contributed by atoms with Crippen molar-refractivity contribution in [3.05, 3.63) is 99.4 Å². The maximum Gasteiger partial charge on any atom is 0.295 e. The Balaban J connectivity index is 1.80. The number of aryl methyl sites for hydroxylation is 1. The highest BCUT2D eigenvalue weighted by Crippen LogP contribution is 2.33. The number of anilines is 1. The van der Waals surface area contributed by atoms with Crippen LogP contribution in [0.2, 0.25) is 5.02 Å². The molecule has 2 aromatic heterocycles. The molecule has 5 aromatic rings. The van der Waals surface area contributed by atoms with Crippen molar-refractivity contribution in [1.82, 2.24) is 14.8 Å². The number of halogens is 1. The normalized spacial score (nSPS) is 12.4. The minimum absolute atomic E-state index is 0.271. The van der Waals surface area contributed by atoms with Crippen LogP contribution < -0.4 is 10.5 Å². The third-order valence-electron chi connectivity index (χ3n) is 5.88. The summed E-state index contributed by atoms with van der Waals surface area (Å²) in [5, 5.41) is 18.3. The van der Waals surface area contributed by atoms with Crippen LogP contribution in [0.1, 0.15) is 24.4 Å². The summed E-state index contributed by atoms with van der Waals surface area (Å²) < 4.78 is 1.35. The first-order valence-electron chi connectivity index (χ1n) is 10.8. The monoisotopic (exact) mass is 458 g/mol. The minimum Gasteiger partial charge on any atom is -0.368 e. The molecule has 1 atom stereocenters. The summed E-state index contributed by atoms with van der Waals surface area (Å²) >= 11 is 6.22. The Morgan fingerprint density at radius 1 is 1.09 bits per heavy atom. The number of aromatic amines is 1. The quantitative estimate of drug-likeness (QED) is 0.348. The number of benzene rings is 3. The van der Waals surface area contributed by atoms with E-state index in [1.54, 1.807) is 17.0 Å². The van der Waals surface area contributed by atoms with Crippen molar-refractivity contribution < 1.29 is 5.11 Å². The van der Waals surface area contributed by atoms with E-state index >= 15 is 0 Å². The lowest BCUT2D eigenvalue weighted by molar-refractivity contribution is 0.168. The van der Waals surface area contributed by atoms with Gasteiger partial charge in [0, 0.05) is 33.5 Å². The van der Waals surface area contributed by atoms with E-state index in [4.69, 9.17) is 16.7 Å². The van der Waals surface area contributed by atoms with E-state index in [-0.39, 0.29) is 5.56 Å². The Labute approximate surface area is 195 Å². The summed E-state index contributed by atoms with van der Waals surface area (Å²) in [5.41, 5.74) is 3.81. The first-order chi connectivity index (χ1) is 16.0. The number of H-pyrrole nitrogens is 1. The van der Waals surface area contributed by atoms with Crippen LogP contribution in [0, 0.1) is 6.92 Å². The summed E-state index contributed by atoms with van der Waals surface area (Å²) in [7, 11) is 0. The van der Waals surface area contributed by atoms with Gasteiger partial charge in [0.2, 0.25) is 0 Å². The summed E-state index contributed by atoms with van der Waals surface area (Å²) in [5.74, 6) is 0. The average Bonchev–Trinajstić information content (AvgIpc) is 3.21. The van der Waals surface area contributed by atoms with Gasteiger partial charge in [-0.2, -0.15) is 9.78 Å². The van der Waals surface area contributed by atoms with Gasteiger partial charge in [-0.25, -0.2) is 0 Å². The molecule has 2 heterocycles. The molecule has 0 amide bonds. The molecule has 0 saturated heterocycles. The topological polar surface area (TPSA) is 74.2 Å². The van der Waals surface area contributed by atoms with Crippen molar-refractivity contribution in [2.24, 2.45) is 0 Å². The van der Waals surface area contributed by atoms with Crippen LogP contribution in [-0.4, -0.2) is 26.4 Å². The molecule has 5 rings (SSSR count). The maximum absolute atomic E-state index is 13.5. The highest BCUT2D eigenvalue weighted by molar-refractivity contribution is 6.30. The Morgan fingerprint density at radius 3 is 2.58 bits per heavy atom. The highest BCUT2D eigenvalue weighted by Gasteiger charge is 2.26. The Hall–Kier alpha value is -3.61. The average molecular weight is 459 g/mol. The van der Waals surface area contributed by atoms with E-state index in [1.807, 2.05) is 74.5 Å². The molecule has 0 radical (unpaired) electrons. The largest absolute Gasteiger partial charge is 0.368 e. The second kappa shape index (κ2) is 8.39. The number of hydrogen-bond donors (Lipinski definition) is 2. The van der Waals surface area contributed by atoms with Crippen molar-refractivity contribution in [2.75, 3.05) is 11.4 Å². The summed E-state index contributed by atoms with van der Waals surface area (Å²) in [6, 6.07) is 22.5. The van der Waals surface area contributed by atoms with Crippen LogP contribution in [-0.2, 0) is 0 Å². The fourth-order valence-corrected chi connectivity index (χ4v) is 4.40. The molecule has 3 aromatic carbocycles. The van der Waals surface area contributed by atoms with Gasteiger partial charge >= 0.3 is 0 Å². The number of aromatic nitrogens is 3. The van der Waals surface area contributed by atoms with Gasteiger partial charge in [-0.1, -0.05) is 53.6 Å². The molecule has 2 N–H and O–H groups in total. The SMILES string of the molecule is CCN(c1cccc(Cl)c1)C(O)c1nn(-c2ccc(C)cc2)c(=O)c2[nH]c3ccccc3c12. The van der Waals surface area contributed by atoms with E-state index < -0.39 is 6.23 Å². The molecule has 0 aliphatic carbocycles. The van der Waals surface area contributed by atoms with Gasteiger partial charge in [-0.15, -0.1) is 0 Å². The van der Waals surface area contributed by atoms with Crippen LogP contribution >= 0.6 is 11.6 Å². The molecule has 7 heteroatoms. The predicted octanol–water partition coefficient (Wildman–Crippen LogP) is 5.35. The summed E-state index contributed by atoms with van der Waals surface area (Å²) in [6.07, 6.45) is -1.10. The van der Waals surface area contributed by atoms with Crippen LogP contribution in [0.4, 0.5) is 5.69 Å². The van der Waals surface area contributed by atoms with Crippen molar-refractivity contribution in [3.8, 4) is 5.69 Å². The molecule has 0 aliphatic heterocycles. The van der Waals surface area contributed by atoms with Gasteiger partial charge < -0.3 is 15.0 Å². The van der Waals surface area contributed by atoms with Gasteiger partial charge in [-0.3, -0.25) is 4.79 Å². The van der Waals surface area contributed by atoms with E-state index in [0.717, 1.165) is 22.2 Å². The smallest absolute Gasteiger partial charge is 0.295 e. The Kier molecular flexibility index (Phi) is 5.40. The summed E-state index contributed by atoms with van der Waals surface area (Å²) in [4.78, 5) is 18.5. The van der Waals surface area contributed by atoms with E-state index in [2.05, 4.69) is 4.98 Å². The molecule has 0 fully saturated rings. The second-order valence-corrected chi connectivity index (χ2v) is 8.43. The molecule has 0 spiro atoms. The lowest BCUT2D eigenvalue weighted by Crippen LogP contribution is -2.32. The highest BCUT2D eigenvalue weighted by atomic mass is 35.5. The van der Waals surface area contributed by atoms with Gasteiger partial charge in [0.05, 0.1) is 5.69 Å². The van der Waals surface area contributed by atoms with Gasteiger partial charge in [0.1, 0.15) is 11.2 Å². The van der Waals surface area contributed by atoms with E-state index in [0.29, 0.717) is 33.9 Å². The Morgan fingerprint density at radius 2 is 1.85 bits per heavy atom. The number of nitrogens with zero attached hydrogens (tertiary/aromatic N) is 3. The first kappa shape index (κ1) is 21.2. The fraction of sp³-hybridized carbons (Fsp3) is 0.154. The Bertz CT molecular complexity index is 1520. The van der Waals surface area contributed by atoms with Crippen LogP contribution in [0.15, 0.2) is 77.6 Å². The number of rotatable bonds is 5. The second-order valence-electron chi connectivity index (χ2n) is 8.00. The van der Waals surface area contributed by atoms with E-state index in [9.17, 15) is 9.90 Å². The number of hydrogen-bond acceptors (Lipinski definition) is 4. The molecule has 1 unspecified atom stereocenters. The van der Waals surface area contributed by atoms with Crippen molar-refractivity contribution in [1.29, 1.82) is 0 Å². The zero-order chi connectivity index (χ0) is 23.1. The van der Waals surface area contributed by atoms with Crippen LogP contribution in [0.3, 0.4) is 0 Å². The minimum atomic E-state index is -1.10. The van der Waals surface area contributed by atoms with Gasteiger partial charge in [0.15, 0.2) is 6.23 Å². The predicted molar refractivity (Wildman–Crippen MR) is 133 cm³/mol. The number of nitrogens with one attached hydrogen (secondary N) is 1. The summed E-state index contributed by atoms with van der Waals surface area (Å²) in [6.45, 7) is 4.45. The number of fused-ring (bicyclic) bond motifs is 3. The molecule has 0 bridgehead atoms. The molecule has 0 saturated carbocycles. The van der Waals surface area contributed by atoms with Crippen molar-refractivity contribution in [2.45, 2.75) is 20.1 Å².